The molecular weight excluding hydrogens is 350 g/mol. The molecule has 26 heavy (non-hydrogen) atoms. The second-order valence-electron chi connectivity index (χ2n) is 7.10. The average molecular weight is 380 g/mol. The van der Waals surface area contributed by atoms with Crippen molar-refractivity contribution < 1.29 is 13.2 Å². The van der Waals surface area contributed by atoms with Gasteiger partial charge in [0.25, 0.3) is 5.91 Å². The van der Waals surface area contributed by atoms with Gasteiger partial charge < -0.3 is 10.2 Å². The Balaban J connectivity index is 1.94. The highest BCUT2D eigenvalue weighted by Crippen LogP contribution is 2.32. The van der Waals surface area contributed by atoms with Gasteiger partial charge in [-0.1, -0.05) is 13.3 Å². The van der Waals surface area contributed by atoms with Crippen molar-refractivity contribution in [2.75, 3.05) is 37.6 Å². The van der Waals surface area contributed by atoms with Gasteiger partial charge >= 0.3 is 0 Å². The zero-order valence-electron chi connectivity index (χ0n) is 15.5. The molecule has 0 bridgehead atoms. The van der Waals surface area contributed by atoms with Crippen LogP contribution in [-0.2, 0) is 10.0 Å². The Morgan fingerprint density at radius 1 is 1.08 bits per heavy atom. The molecule has 0 saturated carbocycles. The highest BCUT2D eigenvalue weighted by molar-refractivity contribution is 7.89. The van der Waals surface area contributed by atoms with Crippen molar-refractivity contribution in [1.82, 2.24) is 9.62 Å². The van der Waals surface area contributed by atoms with Crippen molar-refractivity contribution in [3.8, 4) is 0 Å². The molecule has 7 heteroatoms. The summed E-state index contributed by atoms with van der Waals surface area (Å²) >= 11 is 0. The van der Waals surface area contributed by atoms with Crippen LogP contribution in [0.25, 0.3) is 0 Å². The SMILES string of the molecule is CCCCNC(=O)c1ccc(N2CCCC2)c(S(=O)(=O)N2CCCC2)c1. The molecule has 1 aromatic rings. The third kappa shape index (κ3) is 4.04. The maximum absolute atomic E-state index is 13.2. The van der Waals surface area contributed by atoms with Crippen LogP contribution in [0, 0.1) is 0 Å². The fraction of sp³-hybridized carbons (Fsp3) is 0.632. The van der Waals surface area contributed by atoms with Gasteiger partial charge in [0.1, 0.15) is 4.90 Å². The van der Waals surface area contributed by atoms with E-state index in [1.165, 1.54) is 0 Å². The topological polar surface area (TPSA) is 69.7 Å². The summed E-state index contributed by atoms with van der Waals surface area (Å²) in [5.74, 6) is -0.204. The van der Waals surface area contributed by atoms with Crippen LogP contribution in [0.1, 0.15) is 55.8 Å². The summed E-state index contributed by atoms with van der Waals surface area (Å²) in [6.45, 7) is 5.54. The molecule has 2 fully saturated rings. The Labute approximate surface area is 156 Å². The number of hydrogen-bond donors (Lipinski definition) is 1. The molecule has 2 aliphatic rings. The van der Waals surface area contributed by atoms with Gasteiger partial charge in [0.15, 0.2) is 0 Å². The van der Waals surface area contributed by atoms with Crippen LogP contribution in [0.3, 0.4) is 0 Å². The summed E-state index contributed by atoms with van der Waals surface area (Å²) in [6.07, 6.45) is 5.86. The number of carbonyl (C=O) groups is 1. The van der Waals surface area contributed by atoms with Crippen LogP contribution < -0.4 is 10.2 Å². The molecule has 3 rings (SSSR count). The maximum Gasteiger partial charge on any atom is 0.251 e. The van der Waals surface area contributed by atoms with E-state index in [1.807, 2.05) is 6.07 Å². The number of anilines is 1. The molecule has 1 aromatic carbocycles. The fourth-order valence-corrected chi connectivity index (χ4v) is 5.38. The van der Waals surface area contributed by atoms with Crippen molar-refractivity contribution >= 4 is 21.6 Å². The van der Waals surface area contributed by atoms with Gasteiger partial charge in [-0.2, -0.15) is 4.31 Å². The van der Waals surface area contributed by atoms with Crippen molar-refractivity contribution in [2.24, 2.45) is 0 Å². The number of benzene rings is 1. The molecule has 0 aliphatic carbocycles. The predicted octanol–water partition coefficient (Wildman–Crippen LogP) is 2.60. The van der Waals surface area contributed by atoms with Gasteiger partial charge in [0.2, 0.25) is 10.0 Å². The van der Waals surface area contributed by atoms with Crippen LogP contribution in [0.5, 0.6) is 0 Å². The molecule has 0 atom stereocenters. The molecule has 0 aromatic heterocycles. The van der Waals surface area contributed by atoms with Crippen LogP contribution in [0.4, 0.5) is 5.69 Å². The number of nitrogens with zero attached hydrogens (tertiary/aromatic N) is 2. The van der Waals surface area contributed by atoms with Crippen LogP contribution in [-0.4, -0.2) is 51.4 Å². The van der Waals surface area contributed by atoms with Gasteiger partial charge in [-0.3, -0.25) is 4.79 Å². The third-order valence-electron chi connectivity index (χ3n) is 5.17. The first-order valence-electron chi connectivity index (χ1n) is 9.71. The molecule has 144 valence electrons. The van der Waals surface area contributed by atoms with Crippen molar-refractivity contribution in [3.63, 3.8) is 0 Å². The van der Waals surface area contributed by atoms with Crippen LogP contribution in [0.15, 0.2) is 23.1 Å². The quantitative estimate of drug-likeness (QED) is 0.740. The van der Waals surface area contributed by atoms with E-state index < -0.39 is 10.0 Å². The lowest BCUT2D eigenvalue weighted by Crippen LogP contribution is -2.31. The summed E-state index contributed by atoms with van der Waals surface area (Å²) < 4.78 is 28.0. The molecule has 0 unspecified atom stereocenters. The van der Waals surface area contributed by atoms with E-state index in [4.69, 9.17) is 0 Å². The van der Waals surface area contributed by atoms with E-state index in [9.17, 15) is 13.2 Å². The molecule has 0 spiro atoms. The number of nitrogens with one attached hydrogen (secondary N) is 1. The molecule has 2 heterocycles. The molecule has 2 aliphatic heterocycles. The Kier molecular flexibility index (Phi) is 6.19. The van der Waals surface area contributed by atoms with Crippen LogP contribution >= 0.6 is 0 Å². The molecule has 6 nitrogen and oxygen atoms in total. The highest BCUT2D eigenvalue weighted by atomic mass is 32.2. The first kappa shape index (κ1) is 19.2. The number of unbranched alkanes of at least 4 members (excludes halogenated alkanes) is 1. The molecule has 2 saturated heterocycles. The van der Waals surface area contributed by atoms with E-state index in [1.54, 1.807) is 16.4 Å². The monoisotopic (exact) mass is 379 g/mol. The van der Waals surface area contributed by atoms with Gasteiger partial charge in [-0.15, -0.1) is 0 Å². The normalized spacial score (nSPS) is 18.4. The van der Waals surface area contributed by atoms with Crippen molar-refractivity contribution in [3.05, 3.63) is 23.8 Å². The zero-order valence-corrected chi connectivity index (χ0v) is 16.4. The molecule has 1 amide bonds. The van der Waals surface area contributed by atoms with Crippen molar-refractivity contribution in [1.29, 1.82) is 0 Å². The largest absolute Gasteiger partial charge is 0.370 e. The Bertz CT molecular complexity index is 736. The van der Waals surface area contributed by atoms with Crippen molar-refractivity contribution in [2.45, 2.75) is 50.3 Å². The molecule has 1 N–H and O–H groups in total. The minimum absolute atomic E-state index is 0.204. The number of rotatable bonds is 7. The van der Waals surface area contributed by atoms with E-state index in [0.29, 0.717) is 25.2 Å². The average Bonchev–Trinajstić information content (AvgIpc) is 3.35. The summed E-state index contributed by atoms with van der Waals surface area (Å²) in [7, 11) is -3.58. The summed E-state index contributed by atoms with van der Waals surface area (Å²) in [5, 5.41) is 2.88. The van der Waals surface area contributed by atoms with Gasteiger partial charge in [-0.05, 0) is 50.3 Å². The Morgan fingerprint density at radius 2 is 1.73 bits per heavy atom. The third-order valence-corrected chi connectivity index (χ3v) is 7.10. The lowest BCUT2D eigenvalue weighted by atomic mass is 10.1. The minimum Gasteiger partial charge on any atom is -0.370 e. The van der Waals surface area contributed by atoms with E-state index >= 15 is 0 Å². The first-order valence-corrected chi connectivity index (χ1v) is 11.2. The van der Waals surface area contributed by atoms with Gasteiger partial charge in [-0.25, -0.2) is 8.42 Å². The zero-order chi connectivity index (χ0) is 18.6. The predicted molar refractivity (Wildman–Crippen MR) is 103 cm³/mol. The van der Waals surface area contributed by atoms with E-state index in [-0.39, 0.29) is 10.8 Å². The van der Waals surface area contributed by atoms with E-state index in [2.05, 4.69) is 17.1 Å². The standard InChI is InChI=1S/C19H29N3O3S/c1-2-3-10-20-19(23)16-8-9-17(21-11-4-5-12-21)18(15-16)26(24,25)22-13-6-7-14-22/h8-9,15H,2-7,10-14H2,1H3,(H,20,23). The Morgan fingerprint density at radius 3 is 2.38 bits per heavy atom. The summed E-state index contributed by atoms with van der Waals surface area (Å²) in [4.78, 5) is 14.8. The first-order chi connectivity index (χ1) is 12.5. The Hall–Kier alpha value is -1.60. The number of carbonyl (C=O) groups excluding carboxylic acids is 1. The van der Waals surface area contributed by atoms with Gasteiger partial charge in [0.05, 0.1) is 5.69 Å². The second-order valence-corrected chi connectivity index (χ2v) is 9.00. The van der Waals surface area contributed by atoms with E-state index in [0.717, 1.165) is 57.3 Å². The maximum atomic E-state index is 13.2. The molecular formula is C19H29N3O3S. The fourth-order valence-electron chi connectivity index (χ4n) is 3.63. The number of sulfonamides is 1. The second kappa shape index (κ2) is 8.39. The van der Waals surface area contributed by atoms with Crippen LogP contribution in [0.2, 0.25) is 0 Å². The highest BCUT2D eigenvalue weighted by Gasteiger charge is 2.32. The molecule has 0 radical (unpaired) electrons. The lowest BCUT2D eigenvalue weighted by Gasteiger charge is -2.24. The van der Waals surface area contributed by atoms with Gasteiger partial charge in [0, 0.05) is 38.3 Å². The number of amides is 1. The summed E-state index contributed by atoms with van der Waals surface area (Å²) in [5.41, 5.74) is 1.15. The smallest absolute Gasteiger partial charge is 0.251 e. The minimum atomic E-state index is -3.58. The number of hydrogen-bond acceptors (Lipinski definition) is 4. The summed E-state index contributed by atoms with van der Waals surface area (Å²) in [6, 6.07) is 5.13. The lowest BCUT2D eigenvalue weighted by molar-refractivity contribution is 0.0953.